The van der Waals surface area contributed by atoms with Crippen molar-refractivity contribution in [2.45, 2.75) is 5.41 Å². The molecule has 4 nitrogen and oxygen atoms in total. The molecule has 4 heteroatoms. The van der Waals surface area contributed by atoms with Gasteiger partial charge in [-0.2, -0.15) is 0 Å². The molecule has 2 aliphatic carbocycles. The van der Waals surface area contributed by atoms with Crippen molar-refractivity contribution in [3.05, 3.63) is 216 Å². The first-order valence-corrected chi connectivity index (χ1v) is 19.4. The summed E-state index contributed by atoms with van der Waals surface area (Å²) in [6.45, 7) is 0. The highest BCUT2D eigenvalue weighted by atomic mass is 14.9. The van der Waals surface area contributed by atoms with Gasteiger partial charge in [0.05, 0.1) is 27.8 Å². The SMILES string of the molecule is c1ccc(-c2nc(-c3ccc4c(c3)-c3cc(-c5nc(-c6ccccc6)nc6ccccc56)ccc3C43c4ccccc4-c4ccccc43)c3ccccc3n2)cc1. The average molecular weight is 725 g/mol. The number of aromatic nitrogens is 4. The van der Waals surface area contributed by atoms with E-state index in [2.05, 4.69) is 146 Å². The molecule has 0 bridgehead atoms. The first-order chi connectivity index (χ1) is 28.3. The highest BCUT2D eigenvalue weighted by molar-refractivity contribution is 6.01. The number of hydrogen-bond acceptors (Lipinski definition) is 4. The Balaban J connectivity index is 1.14. The molecule has 8 aromatic carbocycles. The van der Waals surface area contributed by atoms with E-state index in [-0.39, 0.29) is 0 Å². The van der Waals surface area contributed by atoms with Crippen molar-refractivity contribution in [2.75, 3.05) is 0 Å². The normalized spacial score (nSPS) is 13.1. The molecule has 0 aliphatic heterocycles. The van der Waals surface area contributed by atoms with Crippen LogP contribution in [0.5, 0.6) is 0 Å². The minimum absolute atomic E-state index is 0.485. The molecule has 2 aromatic heterocycles. The molecule has 0 saturated carbocycles. The lowest BCUT2D eigenvalue weighted by Gasteiger charge is -2.30. The van der Waals surface area contributed by atoms with E-state index in [9.17, 15) is 0 Å². The van der Waals surface area contributed by atoms with Crippen LogP contribution in [0.4, 0.5) is 0 Å². The van der Waals surface area contributed by atoms with Crippen molar-refractivity contribution >= 4 is 21.8 Å². The van der Waals surface area contributed by atoms with Gasteiger partial charge in [0.25, 0.3) is 0 Å². The Morgan fingerprint density at radius 3 is 1.14 bits per heavy atom. The maximum absolute atomic E-state index is 5.29. The predicted molar refractivity (Wildman–Crippen MR) is 231 cm³/mol. The topological polar surface area (TPSA) is 51.6 Å². The maximum atomic E-state index is 5.29. The van der Waals surface area contributed by atoms with Crippen molar-refractivity contribution in [2.24, 2.45) is 0 Å². The van der Waals surface area contributed by atoms with Crippen molar-refractivity contribution in [1.29, 1.82) is 0 Å². The molecule has 0 unspecified atom stereocenters. The number of benzene rings is 8. The largest absolute Gasteiger partial charge is 0.228 e. The molecule has 12 rings (SSSR count). The van der Waals surface area contributed by atoms with Gasteiger partial charge in [-0.05, 0) is 68.8 Å². The first kappa shape index (κ1) is 31.8. The van der Waals surface area contributed by atoms with E-state index in [1.54, 1.807) is 0 Å². The molecule has 2 heterocycles. The number of para-hydroxylation sites is 2. The second-order valence-electron chi connectivity index (χ2n) is 14.9. The molecular formula is C53H32N4. The minimum atomic E-state index is -0.485. The van der Waals surface area contributed by atoms with Gasteiger partial charge in [0.2, 0.25) is 0 Å². The van der Waals surface area contributed by atoms with Crippen LogP contribution in [-0.2, 0) is 5.41 Å². The zero-order valence-electron chi connectivity index (χ0n) is 30.8. The molecule has 0 atom stereocenters. The van der Waals surface area contributed by atoms with Gasteiger partial charge >= 0.3 is 0 Å². The fourth-order valence-corrected chi connectivity index (χ4v) is 9.47. The number of nitrogens with zero attached hydrogens (tertiary/aromatic N) is 4. The summed E-state index contributed by atoms with van der Waals surface area (Å²) in [6, 6.07) is 69.1. The van der Waals surface area contributed by atoms with Crippen LogP contribution in [0.3, 0.4) is 0 Å². The Bertz CT molecular complexity index is 3020. The molecule has 0 N–H and O–H groups in total. The molecule has 1 spiro atoms. The van der Waals surface area contributed by atoms with E-state index in [0.717, 1.165) is 55.4 Å². The van der Waals surface area contributed by atoms with E-state index in [1.165, 1.54) is 44.5 Å². The zero-order valence-corrected chi connectivity index (χ0v) is 30.8. The van der Waals surface area contributed by atoms with Gasteiger partial charge in [-0.3, -0.25) is 0 Å². The lowest BCUT2D eigenvalue weighted by molar-refractivity contribution is 0.794. The number of fused-ring (bicyclic) bond motifs is 12. The third kappa shape index (κ3) is 4.62. The van der Waals surface area contributed by atoms with Gasteiger partial charge in [0, 0.05) is 33.0 Å². The average Bonchev–Trinajstić information content (AvgIpc) is 3.75. The van der Waals surface area contributed by atoms with E-state index in [0.29, 0.717) is 11.6 Å². The summed E-state index contributed by atoms with van der Waals surface area (Å²) in [5.41, 5.74) is 17.4. The Morgan fingerprint density at radius 2 is 0.667 bits per heavy atom. The summed E-state index contributed by atoms with van der Waals surface area (Å²) in [7, 11) is 0. The Labute approximate surface area is 329 Å². The van der Waals surface area contributed by atoms with E-state index >= 15 is 0 Å². The monoisotopic (exact) mass is 724 g/mol. The molecule has 57 heavy (non-hydrogen) atoms. The minimum Gasteiger partial charge on any atom is -0.228 e. The summed E-state index contributed by atoms with van der Waals surface area (Å²) in [4.78, 5) is 20.6. The summed E-state index contributed by atoms with van der Waals surface area (Å²) < 4.78 is 0. The third-order valence-corrected chi connectivity index (χ3v) is 11.9. The predicted octanol–water partition coefficient (Wildman–Crippen LogP) is 12.6. The lowest BCUT2D eigenvalue weighted by Crippen LogP contribution is -2.25. The van der Waals surface area contributed by atoms with E-state index in [1.807, 2.05) is 48.5 Å². The van der Waals surface area contributed by atoms with Crippen molar-refractivity contribution in [3.8, 4) is 67.5 Å². The van der Waals surface area contributed by atoms with Crippen LogP contribution in [0.2, 0.25) is 0 Å². The number of rotatable bonds is 4. The molecule has 10 aromatic rings. The van der Waals surface area contributed by atoms with Crippen LogP contribution in [0.15, 0.2) is 194 Å². The molecule has 0 radical (unpaired) electrons. The van der Waals surface area contributed by atoms with E-state index in [4.69, 9.17) is 19.9 Å². The second-order valence-corrected chi connectivity index (χ2v) is 14.9. The van der Waals surface area contributed by atoms with Gasteiger partial charge in [0.15, 0.2) is 11.6 Å². The fraction of sp³-hybridized carbons (Fsp3) is 0.0189. The highest BCUT2D eigenvalue weighted by Crippen LogP contribution is 2.63. The molecule has 0 saturated heterocycles. The van der Waals surface area contributed by atoms with E-state index < -0.39 is 5.41 Å². The van der Waals surface area contributed by atoms with Crippen molar-refractivity contribution in [3.63, 3.8) is 0 Å². The number of hydrogen-bond donors (Lipinski definition) is 0. The van der Waals surface area contributed by atoms with Crippen LogP contribution in [0.25, 0.3) is 89.4 Å². The van der Waals surface area contributed by atoms with Gasteiger partial charge in [-0.1, -0.05) is 170 Å². The fourth-order valence-electron chi connectivity index (χ4n) is 9.47. The first-order valence-electron chi connectivity index (χ1n) is 19.4. The molecular weight excluding hydrogens is 693 g/mol. The molecule has 2 aliphatic rings. The zero-order chi connectivity index (χ0) is 37.5. The maximum Gasteiger partial charge on any atom is 0.160 e. The van der Waals surface area contributed by atoms with Gasteiger partial charge in [0.1, 0.15) is 0 Å². The second kappa shape index (κ2) is 12.2. The molecule has 264 valence electrons. The smallest absolute Gasteiger partial charge is 0.160 e. The van der Waals surface area contributed by atoms with Crippen LogP contribution in [-0.4, -0.2) is 19.9 Å². The summed E-state index contributed by atoms with van der Waals surface area (Å²) in [5, 5.41) is 2.05. The van der Waals surface area contributed by atoms with Crippen molar-refractivity contribution in [1.82, 2.24) is 19.9 Å². The van der Waals surface area contributed by atoms with Crippen molar-refractivity contribution < 1.29 is 0 Å². The summed E-state index contributed by atoms with van der Waals surface area (Å²) >= 11 is 0. The molecule has 0 fully saturated rings. The Kier molecular flexibility index (Phi) is 6.81. The standard InChI is InChI=1S/C53H32N4/c1-3-15-33(16-4-1)51-54-47-25-13-9-21-39(47)49(56-51)35-27-29-45-41(31-35)42-32-36(50-40-22-10-14-26-48(40)55-52(57-50)34-17-5-2-6-18-34)28-30-46(42)53(45)43-23-11-7-19-37(43)38-20-8-12-24-44(38)53/h1-32H. The Hall–Kier alpha value is -7.56. The van der Waals surface area contributed by atoms with Crippen LogP contribution >= 0.6 is 0 Å². The summed E-state index contributed by atoms with van der Waals surface area (Å²) in [5.74, 6) is 1.43. The van der Waals surface area contributed by atoms with Crippen LogP contribution in [0, 0.1) is 0 Å². The van der Waals surface area contributed by atoms with Gasteiger partial charge in [-0.25, -0.2) is 19.9 Å². The highest BCUT2D eigenvalue weighted by Gasteiger charge is 2.51. The lowest BCUT2D eigenvalue weighted by atomic mass is 9.70. The third-order valence-electron chi connectivity index (χ3n) is 11.9. The van der Waals surface area contributed by atoms with Gasteiger partial charge in [-0.15, -0.1) is 0 Å². The summed E-state index contributed by atoms with van der Waals surface area (Å²) in [6.07, 6.45) is 0. The van der Waals surface area contributed by atoms with Crippen LogP contribution in [0.1, 0.15) is 22.3 Å². The van der Waals surface area contributed by atoms with Crippen LogP contribution < -0.4 is 0 Å². The quantitative estimate of drug-likeness (QED) is 0.181. The Morgan fingerprint density at radius 1 is 0.281 bits per heavy atom. The van der Waals surface area contributed by atoms with Gasteiger partial charge < -0.3 is 0 Å². The molecule has 0 amide bonds.